The van der Waals surface area contributed by atoms with Crippen LogP contribution >= 0.6 is 0 Å². The van der Waals surface area contributed by atoms with Crippen LogP contribution in [0.3, 0.4) is 0 Å². The number of nitrogens with zero attached hydrogens (tertiary/aromatic N) is 4. The summed E-state index contributed by atoms with van der Waals surface area (Å²) in [5.41, 5.74) is 2.49. The highest BCUT2D eigenvalue weighted by Gasteiger charge is 2.21. The Hall–Kier alpha value is -3.67. The molecule has 6 heteroatoms. The third-order valence-corrected chi connectivity index (χ3v) is 5.11. The number of amides is 1. The molecule has 1 saturated heterocycles. The normalized spacial score (nSPS) is 13.7. The van der Waals surface area contributed by atoms with Gasteiger partial charge in [0.15, 0.2) is 5.82 Å². The molecule has 1 aliphatic heterocycles. The highest BCUT2D eigenvalue weighted by Crippen LogP contribution is 2.23. The van der Waals surface area contributed by atoms with E-state index in [9.17, 15) is 4.79 Å². The molecule has 0 aliphatic carbocycles. The van der Waals surface area contributed by atoms with E-state index in [1.807, 2.05) is 36.4 Å². The third-order valence-electron chi connectivity index (χ3n) is 5.11. The first-order valence-electron chi connectivity index (χ1n) is 10.1. The molecule has 0 radical (unpaired) electrons. The molecule has 6 nitrogen and oxygen atoms in total. The molecule has 1 aliphatic rings. The molecule has 152 valence electrons. The van der Waals surface area contributed by atoms with E-state index in [0.29, 0.717) is 18.1 Å². The summed E-state index contributed by atoms with van der Waals surface area (Å²) < 4.78 is 0. The molecule has 1 N–H and O–H groups in total. The molecule has 1 fully saturated rings. The third kappa shape index (κ3) is 4.49. The molecule has 0 bridgehead atoms. The van der Waals surface area contributed by atoms with Crippen molar-refractivity contribution in [3.63, 3.8) is 0 Å². The number of carbonyl (C=O) groups is 1. The van der Waals surface area contributed by atoms with Crippen molar-refractivity contribution in [2.45, 2.75) is 0 Å². The predicted molar refractivity (Wildman–Crippen MR) is 121 cm³/mol. The summed E-state index contributed by atoms with van der Waals surface area (Å²) in [4.78, 5) is 26.5. The second kappa shape index (κ2) is 9.22. The number of piperazine rings is 1. The summed E-state index contributed by atoms with van der Waals surface area (Å²) in [6, 6.07) is 22.0. The molecule has 1 aromatic heterocycles. The van der Waals surface area contributed by atoms with Gasteiger partial charge in [-0.25, -0.2) is 9.97 Å². The quantitative estimate of drug-likeness (QED) is 0.644. The largest absolute Gasteiger partial charge is 0.368 e. The molecule has 2 heterocycles. The van der Waals surface area contributed by atoms with E-state index in [1.54, 1.807) is 12.1 Å². The number of benzene rings is 2. The summed E-state index contributed by atoms with van der Waals surface area (Å²) in [6.45, 7) is 7.50. The van der Waals surface area contributed by atoms with Crippen molar-refractivity contribution in [1.82, 2.24) is 15.3 Å². The topological polar surface area (TPSA) is 61.4 Å². The van der Waals surface area contributed by atoms with Gasteiger partial charge in [0.25, 0.3) is 5.91 Å². The van der Waals surface area contributed by atoms with Gasteiger partial charge >= 0.3 is 0 Å². The van der Waals surface area contributed by atoms with Crippen molar-refractivity contribution in [3.8, 4) is 11.4 Å². The fraction of sp³-hybridized carbons (Fsp3) is 0.208. The van der Waals surface area contributed by atoms with Gasteiger partial charge in [-0.1, -0.05) is 54.6 Å². The summed E-state index contributed by atoms with van der Waals surface area (Å²) in [5, 5.41) is 2.81. The smallest absolute Gasteiger partial charge is 0.270 e. The molecule has 4 rings (SSSR count). The van der Waals surface area contributed by atoms with Crippen LogP contribution in [-0.4, -0.2) is 48.6 Å². The Kier molecular flexibility index (Phi) is 6.03. The SMILES string of the molecule is C=CCNC(=O)c1cc(N2CCN(c3ccccc3)CC2)nc(-c2ccccc2)n1. The molecule has 0 atom stereocenters. The van der Waals surface area contributed by atoms with Crippen LogP contribution in [0, 0.1) is 0 Å². The van der Waals surface area contributed by atoms with Crippen LogP contribution in [0.1, 0.15) is 10.5 Å². The molecular formula is C24H25N5O. The minimum absolute atomic E-state index is 0.223. The van der Waals surface area contributed by atoms with Crippen molar-refractivity contribution in [3.05, 3.63) is 85.1 Å². The van der Waals surface area contributed by atoms with E-state index < -0.39 is 0 Å². The minimum Gasteiger partial charge on any atom is -0.368 e. The number of carbonyl (C=O) groups excluding carboxylic acids is 1. The second-order valence-electron chi connectivity index (χ2n) is 7.11. The first-order chi connectivity index (χ1) is 14.7. The number of hydrogen-bond acceptors (Lipinski definition) is 5. The zero-order valence-electron chi connectivity index (χ0n) is 16.9. The zero-order valence-corrected chi connectivity index (χ0v) is 16.9. The van der Waals surface area contributed by atoms with Crippen LogP contribution in [0.25, 0.3) is 11.4 Å². The first kappa shape index (κ1) is 19.6. The number of rotatable bonds is 6. The Balaban J connectivity index is 1.59. The molecule has 3 aromatic rings. The highest BCUT2D eigenvalue weighted by molar-refractivity contribution is 5.93. The lowest BCUT2D eigenvalue weighted by Crippen LogP contribution is -2.47. The van der Waals surface area contributed by atoms with Crippen molar-refractivity contribution in [2.75, 3.05) is 42.5 Å². The fourth-order valence-electron chi connectivity index (χ4n) is 3.52. The van der Waals surface area contributed by atoms with Crippen LogP contribution in [-0.2, 0) is 0 Å². The summed E-state index contributed by atoms with van der Waals surface area (Å²) in [7, 11) is 0. The van der Waals surface area contributed by atoms with Gasteiger partial charge in [-0.2, -0.15) is 0 Å². The van der Waals surface area contributed by atoms with Gasteiger partial charge < -0.3 is 15.1 Å². The van der Waals surface area contributed by atoms with E-state index in [2.05, 4.69) is 50.9 Å². The minimum atomic E-state index is -0.223. The lowest BCUT2D eigenvalue weighted by atomic mass is 10.2. The number of hydrogen-bond donors (Lipinski definition) is 1. The van der Waals surface area contributed by atoms with E-state index in [1.165, 1.54) is 5.69 Å². The van der Waals surface area contributed by atoms with Crippen molar-refractivity contribution in [2.24, 2.45) is 0 Å². The molecule has 1 amide bonds. The molecule has 0 unspecified atom stereocenters. The Bertz CT molecular complexity index is 999. The van der Waals surface area contributed by atoms with Gasteiger partial charge in [-0.15, -0.1) is 6.58 Å². The summed E-state index contributed by atoms with van der Waals surface area (Å²) in [5.74, 6) is 1.11. The van der Waals surface area contributed by atoms with Gasteiger partial charge in [-0.05, 0) is 12.1 Å². The summed E-state index contributed by atoms with van der Waals surface area (Å²) in [6.07, 6.45) is 1.65. The van der Waals surface area contributed by atoms with Crippen molar-refractivity contribution >= 4 is 17.4 Å². The van der Waals surface area contributed by atoms with Gasteiger partial charge in [0.1, 0.15) is 11.5 Å². The fourth-order valence-corrected chi connectivity index (χ4v) is 3.52. The van der Waals surface area contributed by atoms with Crippen LogP contribution in [0.5, 0.6) is 0 Å². The van der Waals surface area contributed by atoms with E-state index in [-0.39, 0.29) is 5.91 Å². The average Bonchev–Trinajstić information content (AvgIpc) is 2.83. The molecule has 0 saturated carbocycles. The van der Waals surface area contributed by atoms with Crippen LogP contribution in [0.4, 0.5) is 11.5 Å². The van der Waals surface area contributed by atoms with Gasteiger partial charge in [-0.3, -0.25) is 4.79 Å². The number of aromatic nitrogens is 2. The maximum absolute atomic E-state index is 12.6. The maximum Gasteiger partial charge on any atom is 0.270 e. The summed E-state index contributed by atoms with van der Waals surface area (Å²) >= 11 is 0. The molecular weight excluding hydrogens is 374 g/mol. The zero-order chi connectivity index (χ0) is 20.8. The Morgan fingerprint density at radius 3 is 2.23 bits per heavy atom. The average molecular weight is 399 g/mol. The maximum atomic E-state index is 12.6. The van der Waals surface area contributed by atoms with Crippen molar-refractivity contribution in [1.29, 1.82) is 0 Å². The van der Waals surface area contributed by atoms with Crippen LogP contribution in [0.2, 0.25) is 0 Å². The number of anilines is 2. The Morgan fingerprint density at radius 1 is 0.933 bits per heavy atom. The number of para-hydroxylation sites is 1. The van der Waals surface area contributed by atoms with Crippen LogP contribution < -0.4 is 15.1 Å². The van der Waals surface area contributed by atoms with Crippen LogP contribution in [0.15, 0.2) is 79.4 Å². The first-order valence-corrected chi connectivity index (χ1v) is 10.1. The Morgan fingerprint density at radius 2 is 1.57 bits per heavy atom. The standard InChI is InChI=1S/C24H25N5O/c1-2-13-25-24(30)21-18-22(27-23(26-21)19-9-5-3-6-10-19)29-16-14-28(15-17-29)20-11-7-4-8-12-20/h2-12,18H,1,13-17H2,(H,25,30). The van der Waals surface area contributed by atoms with Gasteiger partial charge in [0.05, 0.1) is 0 Å². The second-order valence-corrected chi connectivity index (χ2v) is 7.11. The van der Waals surface area contributed by atoms with E-state index >= 15 is 0 Å². The lowest BCUT2D eigenvalue weighted by molar-refractivity contribution is 0.0953. The lowest BCUT2D eigenvalue weighted by Gasteiger charge is -2.36. The van der Waals surface area contributed by atoms with Gasteiger partial charge in [0, 0.05) is 50.0 Å². The monoisotopic (exact) mass is 399 g/mol. The Labute approximate surface area is 176 Å². The van der Waals surface area contributed by atoms with Gasteiger partial charge in [0.2, 0.25) is 0 Å². The van der Waals surface area contributed by atoms with Crippen molar-refractivity contribution < 1.29 is 4.79 Å². The molecule has 30 heavy (non-hydrogen) atoms. The molecule has 2 aromatic carbocycles. The van der Waals surface area contributed by atoms with E-state index in [4.69, 9.17) is 4.98 Å². The highest BCUT2D eigenvalue weighted by atomic mass is 16.1. The number of nitrogens with one attached hydrogen (secondary N) is 1. The predicted octanol–water partition coefficient (Wildman–Crippen LogP) is 3.39. The van der Waals surface area contributed by atoms with E-state index in [0.717, 1.165) is 37.6 Å². The molecule has 0 spiro atoms.